The van der Waals surface area contributed by atoms with Crippen LogP contribution in [0.4, 0.5) is 13.2 Å². The van der Waals surface area contributed by atoms with Gasteiger partial charge in [0.1, 0.15) is 29.1 Å². The van der Waals surface area contributed by atoms with E-state index in [0.717, 1.165) is 27.3 Å². The molecule has 8 heteroatoms. The number of fused-ring (bicyclic) bond motifs is 1. The van der Waals surface area contributed by atoms with Crippen molar-refractivity contribution < 1.29 is 23.4 Å². The van der Waals surface area contributed by atoms with Gasteiger partial charge in [-0.2, -0.15) is 0 Å². The van der Waals surface area contributed by atoms with Crippen molar-refractivity contribution in [3.8, 4) is 5.69 Å². The van der Waals surface area contributed by atoms with Crippen molar-refractivity contribution in [1.29, 1.82) is 0 Å². The average molecular weight is 414 g/mol. The number of para-hydroxylation sites is 1. The minimum absolute atomic E-state index is 0.136. The van der Waals surface area contributed by atoms with Crippen molar-refractivity contribution in [1.82, 2.24) is 9.13 Å². The molecule has 3 aromatic carbocycles. The first-order valence-corrected chi connectivity index (χ1v) is 9.14. The molecule has 0 unspecified atom stereocenters. The summed E-state index contributed by atoms with van der Waals surface area (Å²) in [7, 11) is 0. The quantitative estimate of drug-likeness (QED) is 0.527. The molecule has 0 aliphatic rings. The Kier molecular flexibility index (Phi) is 5.19. The van der Waals surface area contributed by atoms with Crippen molar-refractivity contribution in [3.05, 3.63) is 100 Å². The van der Waals surface area contributed by atoms with Gasteiger partial charge >= 0.3 is 5.69 Å². The molecule has 0 aliphatic heterocycles. The Labute approximate surface area is 168 Å². The predicted octanol–water partition coefficient (Wildman–Crippen LogP) is 3.15. The third kappa shape index (κ3) is 3.30. The Morgan fingerprint density at radius 2 is 1.57 bits per heavy atom. The maximum Gasteiger partial charge on any atom is 0.334 e. The van der Waals surface area contributed by atoms with Crippen molar-refractivity contribution >= 4 is 11.0 Å². The van der Waals surface area contributed by atoms with Crippen LogP contribution in [0.1, 0.15) is 11.6 Å². The lowest BCUT2D eigenvalue weighted by atomic mass is 10.0. The fourth-order valence-electron chi connectivity index (χ4n) is 3.69. The van der Waals surface area contributed by atoms with Gasteiger partial charge in [-0.15, -0.1) is 0 Å². The number of hydrogen-bond donors (Lipinski definition) is 2. The van der Waals surface area contributed by atoms with E-state index in [9.17, 15) is 28.2 Å². The maximum absolute atomic E-state index is 14.9. The van der Waals surface area contributed by atoms with Gasteiger partial charge in [0.2, 0.25) is 0 Å². The summed E-state index contributed by atoms with van der Waals surface area (Å²) in [6, 6.07) is 13.1. The highest BCUT2D eigenvalue weighted by Gasteiger charge is 2.30. The van der Waals surface area contributed by atoms with Gasteiger partial charge in [-0.1, -0.05) is 24.3 Å². The highest BCUT2D eigenvalue weighted by molar-refractivity contribution is 5.79. The van der Waals surface area contributed by atoms with E-state index in [4.69, 9.17) is 0 Å². The molecule has 0 saturated carbocycles. The second-order valence-electron chi connectivity index (χ2n) is 6.83. The van der Waals surface area contributed by atoms with Crippen LogP contribution < -0.4 is 5.69 Å². The number of nitrogens with zero attached hydrogens (tertiary/aromatic N) is 2. The zero-order valence-electron chi connectivity index (χ0n) is 15.5. The van der Waals surface area contributed by atoms with E-state index < -0.39 is 41.9 Å². The summed E-state index contributed by atoms with van der Waals surface area (Å²) >= 11 is 0. The molecule has 0 fully saturated rings. The number of aromatic nitrogens is 2. The lowest BCUT2D eigenvalue weighted by Crippen LogP contribution is -2.36. The summed E-state index contributed by atoms with van der Waals surface area (Å²) < 4.78 is 44.6. The average Bonchev–Trinajstić information content (AvgIpc) is 3.01. The summed E-state index contributed by atoms with van der Waals surface area (Å²) in [5, 5.41) is 20.1. The Balaban J connectivity index is 2.10. The lowest BCUT2D eigenvalue weighted by Gasteiger charge is -2.23. The van der Waals surface area contributed by atoms with Crippen LogP contribution in [-0.4, -0.2) is 32.1 Å². The Morgan fingerprint density at radius 3 is 2.23 bits per heavy atom. The minimum atomic E-state index is -1.53. The smallest absolute Gasteiger partial charge is 0.334 e. The fraction of sp³-hybridized carbons (Fsp3) is 0.136. The van der Waals surface area contributed by atoms with Crippen LogP contribution in [0.2, 0.25) is 0 Å². The van der Waals surface area contributed by atoms with Crippen molar-refractivity contribution in [2.45, 2.75) is 12.1 Å². The summed E-state index contributed by atoms with van der Waals surface area (Å²) in [6.45, 7) is -0.755. The number of hydrogen-bond acceptors (Lipinski definition) is 3. The van der Waals surface area contributed by atoms with Gasteiger partial charge in [-0.3, -0.25) is 9.13 Å². The molecule has 154 valence electrons. The van der Waals surface area contributed by atoms with Gasteiger partial charge in [0.05, 0.1) is 23.9 Å². The van der Waals surface area contributed by atoms with E-state index in [0.29, 0.717) is 0 Å². The molecule has 0 spiro atoms. The Bertz CT molecular complexity index is 1280. The number of aliphatic hydroxyl groups excluding tert-OH is 2. The van der Waals surface area contributed by atoms with Gasteiger partial charge in [-0.25, -0.2) is 18.0 Å². The third-order valence-electron chi connectivity index (χ3n) is 4.93. The first-order valence-electron chi connectivity index (χ1n) is 9.14. The molecule has 4 rings (SSSR count). The van der Waals surface area contributed by atoms with E-state index in [1.54, 1.807) is 0 Å². The number of halogens is 3. The van der Waals surface area contributed by atoms with E-state index in [1.807, 2.05) is 0 Å². The normalized spacial score (nSPS) is 13.5. The molecule has 0 bridgehead atoms. The Hall–Kier alpha value is -3.36. The molecule has 1 aromatic heterocycles. The first kappa shape index (κ1) is 19.9. The number of imidazole rings is 1. The van der Waals surface area contributed by atoms with Crippen LogP contribution in [0.15, 0.2) is 71.5 Å². The highest BCUT2D eigenvalue weighted by Crippen LogP contribution is 2.29. The molecule has 30 heavy (non-hydrogen) atoms. The number of rotatable bonds is 5. The second kappa shape index (κ2) is 7.81. The van der Waals surface area contributed by atoms with E-state index in [-0.39, 0.29) is 22.3 Å². The largest absolute Gasteiger partial charge is 0.394 e. The van der Waals surface area contributed by atoms with Crippen LogP contribution in [0.25, 0.3) is 16.7 Å². The molecular formula is C22H17F3N2O3. The molecule has 2 atom stereocenters. The van der Waals surface area contributed by atoms with Crippen molar-refractivity contribution in [3.63, 3.8) is 0 Å². The highest BCUT2D eigenvalue weighted by atomic mass is 19.1. The predicted molar refractivity (Wildman–Crippen MR) is 105 cm³/mol. The molecule has 0 radical (unpaired) electrons. The van der Waals surface area contributed by atoms with Crippen LogP contribution >= 0.6 is 0 Å². The lowest BCUT2D eigenvalue weighted by molar-refractivity contribution is 0.0640. The van der Waals surface area contributed by atoms with Crippen LogP contribution in [0, 0.1) is 17.5 Å². The zero-order chi connectivity index (χ0) is 21.4. The van der Waals surface area contributed by atoms with E-state index in [2.05, 4.69) is 0 Å². The molecule has 2 N–H and O–H groups in total. The van der Waals surface area contributed by atoms with Crippen LogP contribution in [-0.2, 0) is 0 Å². The van der Waals surface area contributed by atoms with Gasteiger partial charge in [-0.05, 0) is 48.0 Å². The molecule has 1 heterocycles. The van der Waals surface area contributed by atoms with Gasteiger partial charge in [0, 0.05) is 0 Å². The summed E-state index contributed by atoms with van der Waals surface area (Å²) in [6.07, 6.45) is -1.53. The Morgan fingerprint density at radius 1 is 0.900 bits per heavy atom. The molecule has 0 saturated heterocycles. The zero-order valence-corrected chi connectivity index (χ0v) is 15.5. The SMILES string of the molecule is O=c1n(-c2cccc(F)c2)c2cccc(F)c2n1[C@@H](c1cccc(F)c1)[C@H](O)CO. The standard InChI is InChI=1S/C22H17F3N2O3/c23-14-5-1-4-13(10-14)20(19(29)12-28)27-21-17(25)8-3-9-18(21)26(22(27)30)16-7-2-6-15(24)11-16/h1-11,19-20,28-29H,12H2/t19-,20+/m1/s1. The maximum atomic E-state index is 14.9. The van der Waals surface area contributed by atoms with E-state index >= 15 is 0 Å². The number of aliphatic hydroxyl groups is 2. The van der Waals surface area contributed by atoms with Crippen molar-refractivity contribution in [2.75, 3.05) is 6.61 Å². The topological polar surface area (TPSA) is 67.4 Å². The summed E-state index contributed by atoms with van der Waals surface area (Å²) in [5.41, 5.74) is -0.473. The van der Waals surface area contributed by atoms with Crippen LogP contribution in [0.5, 0.6) is 0 Å². The van der Waals surface area contributed by atoms with Gasteiger partial charge in [0.25, 0.3) is 0 Å². The summed E-state index contributed by atoms with van der Waals surface area (Å²) in [4.78, 5) is 13.4. The van der Waals surface area contributed by atoms with Gasteiger partial charge < -0.3 is 10.2 Å². The molecule has 4 aromatic rings. The van der Waals surface area contributed by atoms with E-state index in [1.165, 1.54) is 48.5 Å². The summed E-state index contributed by atoms with van der Waals surface area (Å²) in [5.74, 6) is -1.97. The fourth-order valence-corrected chi connectivity index (χ4v) is 3.69. The minimum Gasteiger partial charge on any atom is -0.394 e. The first-order chi connectivity index (χ1) is 14.4. The monoisotopic (exact) mass is 414 g/mol. The third-order valence-corrected chi connectivity index (χ3v) is 4.93. The van der Waals surface area contributed by atoms with Gasteiger partial charge in [0.15, 0.2) is 0 Å². The molecule has 5 nitrogen and oxygen atoms in total. The van der Waals surface area contributed by atoms with Crippen LogP contribution in [0.3, 0.4) is 0 Å². The molecular weight excluding hydrogens is 397 g/mol. The molecule has 0 aliphatic carbocycles. The molecule has 0 amide bonds. The van der Waals surface area contributed by atoms with Crippen molar-refractivity contribution in [2.24, 2.45) is 0 Å². The second-order valence-corrected chi connectivity index (χ2v) is 6.83. The number of benzene rings is 3.